The van der Waals surface area contributed by atoms with Crippen LogP contribution in [0.25, 0.3) is 0 Å². The van der Waals surface area contributed by atoms with Gasteiger partial charge in [-0.15, -0.1) is 0 Å². The number of nitrogens with one attached hydrogen (secondary N) is 1. The standard InChI is InChI=1S/C16H21NO3/c1-11-5-4-8-13(15(11)16(19)20)17-14(18)10-9-12-6-2-3-7-12/h4-5,8,12H,2-3,6-7,9-10H2,1H3,(H,17,18)(H,19,20). The normalized spacial score (nSPS) is 15.2. The van der Waals surface area contributed by atoms with Crippen LogP contribution in [-0.4, -0.2) is 17.0 Å². The van der Waals surface area contributed by atoms with Gasteiger partial charge >= 0.3 is 5.97 Å². The number of carbonyl (C=O) groups is 2. The lowest BCUT2D eigenvalue weighted by atomic mass is 10.0. The van der Waals surface area contributed by atoms with E-state index >= 15 is 0 Å². The van der Waals surface area contributed by atoms with E-state index in [1.54, 1.807) is 25.1 Å². The minimum absolute atomic E-state index is 0.0926. The summed E-state index contributed by atoms with van der Waals surface area (Å²) in [6.45, 7) is 1.73. The molecule has 1 saturated carbocycles. The zero-order valence-corrected chi connectivity index (χ0v) is 11.8. The van der Waals surface area contributed by atoms with Gasteiger partial charge < -0.3 is 10.4 Å². The molecule has 2 N–H and O–H groups in total. The highest BCUT2D eigenvalue weighted by atomic mass is 16.4. The summed E-state index contributed by atoms with van der Waals surface area (Å²) in [5.41, 5.74) is 1.24. The number of rotatable bonds is 5. The number of carboxylic acids is 1. The average molecular weight is 275 g/mol. The summed E-state index contributed by atoms with van der Waals surface area (Å²) >= 11 is 0. The molecular formula is C16H21NO3. The lowest BCUT2D eigenvalue weighted by molar-refractivity contribution is -0.116. The second-order valence-electron chi connectivity index (χ2n) is 5.54. The first-order valence-electron chi connectivity index (χ1n) is 7.20. The molecule has 4 nitrogen and oxygen atoms in total. The number of hydrogen-bond acceptors (Lipinski definition) is 2. The van der Waals surface area contributed by atoms with Crippen LogP contribution in [0.3, 0.4) is 0 Å². The van der Waals surface area contributed by atoms with E-state index in [1.165, 1.54) is 25.7 Å². The van der Waals surface area contributed by atoms with Crippen LogP contribution in [0.4, 0.5) is 5.69 Å². The highest BCUT2D eigenvalue weighted by Crippen LogP contribution is 2.28. The predicted octanol–water partition coefficient (Wildman–Crippen LogP) is 3.60. The molecule has 0 aliphatic heterocycles. The van der Waals surface area contributed by atoms with E-state index < -0.39 is 5.97 Å². The lowest BCUT2D eigenvalue weighted by Crippen LogP contribution is -2.16. The number of amides is 1. The molecule has 0 saturated heterocycles. The average Bonchev–Trinajstić information content (AvgIpc) is 2.89. The molecule has 20 heavy (non-hydrogen) atoms. The van der Waals surface area contributed by atoms with Gasteiger partial charge in [-0.25, -0.2) is 4.79 Å². The van der Waals surface area contributed by atoms with Gasteiger partial charge in [0.25, 0.3) is 0 Å². The number of hydrogen-bond donors (Lipinski definition) is 2. The Morgan fingerprint density at radius 1 is 1.30 bits per heavy atom. The predicted molar refractivity (Wildman–Crippen MR) is 78.0 cm³/mol. The molecule has 1 fully saturated rings. The third kappa shape index (κ3) is 3.59. The van der Waals surface area contributed by atoms with E-state index in [2.05, 4.69) is 5.32 Å². The number of anilines is 1. The number of aromatic carboxylic acids is 1. The Kier molecular flexibility index (Phi) is 4.77. The van der Waals surface area contributed by atoms with Crippen molar-refractivity contribution in [3.05, 3.63) is 29.3 Å². The molecular weight excluding hydrogens is 254 g/mol. The molecule has 1 aromatic carbocycles. The Morgan fingerprint density at radius 3 is 2.65 bits per heavy atom. The first-order chi connectivity index (χ1) is 9.58. The quantitative estimate of drug-likeness (QED) is 0.862. The maximum absolute atomic E-state index is 12.0. The fourth-order valence-corrected chi connectivity index (χ4v) is 2.90. The van der Waals surface area contributed by atoms with Crippen molar-refractivity contribution in [1.82, 2.24) is 0 Å². The van der Waals surface area contributed by atoms with Crippen LogP contribution in [0, 0.1) is 12.8 Å². The van der Waals surface area contributed by atoms with Crippen molar-refractivity contribution < 1.29 is 14.7 Å². The van der Waals surface area contributed by atoms with E-state index in [0.29, 0.717) is 23.6 Å². The molecule has 0 spiro atoms. The number of carbonyl (C=O) groups excluding carboxylic acids is 1. The molecule has 1 aromatic rings. The summed E-state index contributed by atoms with van der Waals surface area (Å²) in [5, 5.41) is 11.9. The summed E-state index contributed by atoms with van der Waals surface area (Å²) in [4.78, 5) is 23.2. The van der Waals surface area contributed by atoms with Crippen molar-refractivity contribution in [3.63, 3.8) is 0 Å². The highest BCUT2D eigenvalue weighted by molar-refractivity contribution is 6.01. The van der Waals surface area contributed by atoms with Crippen molar-refractivity contribution in [2.24, 2.45) is 5.92 Å². The van der Waals surface area contributed by atoms with Crippen LogP contribution in [0.2, 0.25) is 0 Å². The third-order valence-corrected chi connectivity index (χ3v) is 4.02. The zero-order valence-electron chi connectivity index (χ0n) is 11.8. The van der Waals surface area contributed by atoms with Crippen LogP contribution in [-0.2, 0) is 4.79 Å². The minimum Gasteiger partial charge on any atom is -0.478 e. The molecule has 0 unspecified atom stereocenters. The van der Waals surface area contributed by atoms with Gasteiger partial charge in [-0.05, 0) is 30.9 Å². The molecule has 4 heteroatoms. The Balaban J connectivity index is 1.96. The molecule has 1 aliphatic carbocycles. The van der Waals surface area contributed by atoms with Crippen LogP contribution in [0.15, 0.2) is 18.2 Å². The fourth-order valence-electron chi connectivity index (χ4n) is 2.90. The summed E-state index contributed by atoms with van der Waals surface area (Å²) in [7, 11) is 0. The van der Waals surface area contributed by atoms with Crippen molar-refractivity contribution in [2.75, 3.05) is 5.32 Å². The Bertz CT molecular complexity index is 504. The van der Waals surface area contributed by atoms with Crippen LogP contribution < -0.4 is 5.32 Å². The molecule has 0 heterocycles. The molecule has 0 atom stereocenters. The molecule has 1 amide bonds. The zero-order chi connectivity index (χ0) is 14.5. The SMILES string of the molecule is Cc1cccc(NC(=O)CCC2CCCC2)c1C(=O)O. The second-order valence-corrected chi connectivity index (χ2v) is 5.54. The largest absolute Gasteiger partial charge is 0.478 e. The van der Waals surface area contributed by atoms with E-state index in [0.717, 1.165) is 6.42 Å². The fraction of sp³-hybridized carbons (Fsp3) is 0.500. The Hall–Kier alpha value is -1.84. The van der Waals surface area contributed by atoms with Gasteiger partial charge in [-0.1, -0.05) is 37.8 Å². The van der Waals surface area contributed by atoms with E-state index in [1.807, 2.05) is 0 Å². The van der Waals surface area contributed by atoms with Crippen LogP contribution in [0.5, 0.6) is 0 Å². The molecule has 2 rings (SSSR count). The summed E-state index contributed by atoms with van der Waals surface area (Å²) in [6.07, 6.45) is 6.36. The number of aryl methyl sites for hydroxylation is 1. The van der Waals surface area contributed by atoms with Crippen molar-refractivity contribution in [3.8, 4) is 0 Å². The van der Waals surface area contributed by atoms with Gasteiger partial charge in [0, 0.05) is 6.42 Å². The van der Waals surface area contributed by atoms with Gasteiger partial charge in [-0.2, -0.15) is 0 Å². The van der Waals surface area contributed by atoms with Gasteiger partial charge in [0.2, 0.25) is 5.91 Å². The summed E-state index contributed by atoms with van der Waals surface area (Å²) in [6, 6.07) is 5.13. The second kappa shape index (κ2) is 6.55. The van der Waals surface area contributed by atoms with E-state index in [-0.39, 0.29) is 11.5 Å². The Morgan fingerprint density at radius 2 is 2.00 bits per heavy atom. The molecule has 108 valence electrons. The first-order valence-corrected chi connectivity index (χ1v) is 7.20. The van der Waals surface area contributed by atoms with Crippen LogP contribution >= 0.6 is 0 Å². The molecule has 0 radical (unpaired) electrons. The topological polar surface area (TPSA) is 66.4 Å². The number of carboxylic acid groups (broad SMARTS) is 1. The van der Waals surface area contributed by atoms with Crippen LogP contribution in [0.1, 0.15) is 54.4 Å². The maximum Gasteiger partial charge on any atom is 0.338 e. The van der Waals surface area contributed by atoms with Gasteiger partial charge in [0.1, 0.15) is 0 Å². The monoisotopic (exact) mass is 275 g/mol. The van der Waals surface area contributed by atoms with Gasteiger partial charge in [0.05, 0.1) is 11.3 Å². The third-order valence-electron chi connectivity index (χ3n) is 4.02. The minimum atomic E-state index is -1.01. The lowest BCUT2D eigenvalue weighted by Gasteiger charge is -2.12. The van der Waals surface area contributed by atoms with E-state index in [9.17, 15) is 14.7 Å². The Labute approximate surface area is 119 Å². The highest BCUT2D eigenvalue weighted by Gasteiger charge is 2.18. The van der Waals surface area contributed by atoms with Gasteiger partial charge in [-0.3, -0.25) is 4.79 Å². The van der Waals surface area contributed by atoms with Crippen molar-refractivity contribution >= 4 is 17.6 Å². The van der Waals surface area contributed by atoms with Gasteiger partial charge in [0.15, 0.2) is 0 Å². The summed E-state index contributed by atoms with van der Waals surface area (Å²) < 4.78 is 0. The van der Waals surface area contributed by atoms with Crippen molar-refractivity contribution in [2.45, 2.75) is 45.4 Å². The van der Waals surface area contributed by atoms with E-state index in [4.69, 9.17) is 0 Å². The maximum atomic E-state index is 12.0. The number of benzene rings is 1. The van der Waals surface area contributed by atoms with Crippen molar-refractivity contribution in [1.29, 1.82) is 0 Å². The summed E-state index contributed by atoms with van der Waals surface area (Å²) in [5.74, 6) is -0.434. The smallest absolute Gasteiger partial charge is 0.338 e. The molecule has 0 bridgehead atoms. The molecule has 1 aliphatic rings. The molecule has 0 aromatic heterocycles. The first kappa shape index (κ1) is 14.6.